The molecule has 2 atom stereocenters. The van der Waals surface area contributed by atoms with Crippen LogP contribution in [-0.2, 0) is 9.53 Å². The maximum Gasteiger partial charge on any atom is 0.323 e. The number of hydrogen-bond acceptors (Lipinski definition) is 3. The van der Waals surface area contributed by atoms with E-state index in [2.05, 4.69) is 19.2 Å². The van der Waals surface area contributed by atoms with Gasteiger partial charge < -0.3 is 10.1 Å². The van der Waals surface area contributed by atoms with Gasteiger partial charge in [0.15, 0.2) is 0 Å². The maximum absolute atomic E-state index is 11.8. The average Bonchev–Trinajstić information content (AvgIpc) is 2.29. The zero-order valence-electron chi connectivity index (χ0n) is 10.6. The van der Waals surface area contributed by atoms with E-state index in [-0.39, 0.29) is 12.0 Å². The molecule has 1 N–H and O–H groups in total. The van der Waals surface area contributed by atoms with Crippen molar-refractivity contribution in [3.05, 3.63) is 0 Å². The monoisotopic (exact) mass is 227 g/mol. The van der Waals surface area contributed by atoms with Crippen LogP contribution in [0.25, 0.3) is 0 Å². The van der Waals surface area contributed by atoms with Crippen LogP contribution in [0.15, 0.2) is 0 Å². The van der Waals surface area contributed by atoms with E-state index in [0.29, 0.717) is 12.5 Å². The molecule has 3 heteroatoms. The van der Waals surface area contributed by atoms with Crippen LogP contribution < -0.4 is 5.32 Å². The number of hydrogen-bond donors (Lipinski definition) is 1. The van der Waals surface area contributed by atoms with Crippen LogP contribution >= 0.6 is 0 Å². The number of piperidine rings is 1. The number of ether oxygens (including phenoxy) is 1. The van der Waals surface area contributed by atoms with Crippen molar-refractivity contribution in [3.8, 4) is 0 Å². The van der Waals surface area contributed by atoms with Crippen LogP contribution in [0.2, 0.25) is 0 Å². The van der Waals surface area contributed by atoms with E-state index in [9.17, 15) is 4.79 Å². The molecule has 1 aliphatic heterocycles. The number of carbonyl (C=O) groups excluding carboxylic acids is 1. The summed E-state index contributed by atoms with van der Waals surface area (Å²) in [6.45, 7) is 5.83. The first-order chi connectivity index (χ1) is 7.75. The normalized spacial score (nSPS) is 25.4. The van der Waals surface area contributed by atoms with E-state index >= 15 is 0 Å². The van der Waals surface area contributed by atoms with Crippen LogP contribution in [0.5, 0.6) is 0 Å². The summed E-state index contributed by atoms with van der Waals surface area (Å²) in [5.74, 6) is 0.362. The van der Waals surface area contributed by atoms with Crippen molar-refractivity contribution in [2.24, 2.45) is 5.92 Å². The highest BCUT2D eigenvalue weighted by atomic mass is 16.5. The van der Waals surface area contributed by atoms with Gasteiger partial charge in [0.1, 0.15) is 6.04 Å². The highest BCUT2D eigenvalue weighted by molar-refractivity contribution is 5.76. The van der Waals surface area contributed by atoms with E-state index in [0.717, 1.165) is 25.8 Å². The second kappa shape index (κ2) is 7.66. The smallest absolute Gasteiger partial charge is 0.323 e. The SMILES string of the molecule is CCCCCCOC(=O)C1NCCCC1C. The molecule has 16 heavy (non-hydrogen) atoms. The molecule has 0 aromatic carbocycles. The fourth-order valence-corrected chi connectivity index (χ4v) is 2.16. The van der Waals surface area contributed by atoms with Crippen LogP contribution in [0.1, 0.15) is 52.4 Å². The Morgan fingerprint density at radius 1 is 1.38 bits per heavy atom. The number of unbranched alkanes of at least 4 members (excludes halogenated alkanes) is 3. The average molecular weight is 227 g/mol. The highest BCUT2D eigenvalue weighted by Gasteiger charge is 2.28. The molecular formula is C13H25NO2. The second-order valence-electron chi connectivity index (χ2n) is 4.78. The van der Waals surface area contributed by atoms with E-state index in [1.165, 1.54) is 19.3 Å². The lowest BCUT2D eigenvalue weighted by atomic mass is 9.93. The third-order valence-electron chi connectivity index (χ3n) is 3.27. The standard InChI is InChI=1S/C13H25NO2/c1-3-4-5-6-10-16-13(15)12-11(2)8-7-9-14-12/h11-12,14H,3-10H2,1-2H3. The Labute approximate surface area is 98.9 Å². The molecule has 1 rings (SSSR count). The molecule has 3 nitrogen and oxygen atoms in total. The molecular weight excluding hydrogens is 202 g/mol. The lowest BCUT2D eigenvalue weighted by molar-refractivity contribution is -0.148. The van der Waals surface area contributed by atoms with Gasteiger partial charge in [0.05, 0.1) is 6.61 Å². The Bertz CT molecular complexity index is 206. The molecule has 0 aromatic heterocycles. The fourth-order valence-electron chi connectivity index (χ4n) is 2.16. The summed E-state index contributed by atoms with van der Waals surface area (Å²) in [7, 11) is 0. The van der Waals surface area contributed by atoms with Crippen molar-refractivity contribution in [2.45, 2.75) is 58.4 Å². The van der Waals surface area contributed by atoms with Gasteiger partial charge >= 0.3 is 5.97 Å². The quantitative estimate of drug-likeness (QED) is 0.559. The van der Waals surface area contributed by atoms with Gasteiger partial charge in [-0.05, 0) is 31.7 Å². The predicted octanol–water partition coefficient (Wildman–Crippen LogP) is 2.50. The first kappa shape index (κ1) is 13.5. The minimum atomic E-state index is -0.0695. The summed E-state index contributed by atoms with van der Waals surface area (Å²) < 4.78 is 5.30. The molecule has 0 spiro atoms. The van der Waals surface area contributed by atoms with E-state index in [4.69, 9.17) is 4.74 Å². The van der Waals surface area contributed by atoms with Crippen LogP contribution in [-0.4, -0.2) is 25.2 Å². The van der Waals surface area contributed by atoms with Crippen LogP contribution in [0.3, 0.4) is 0 Å². The summed E-state index contributed by atoms with van der Waals surface area (Å²) in [5.41, 5.74) is 0. The van der Waals surface area contributed by atoms with Crippen LogP contribution in [0, 0.1) is 5.92 Å². The minimum absolute atomic E-state index is 0.0521. The molecule has 0 aromatic rings. The van der Waals surface area contributed by atoms with Crippen molar-refractivity contribution >= 4 is 5.97 Å². The third-order valence-corrected chi connectivity index (χ3v) is 3.27. The lowest BCUT2D eigenvalue weighted by Gasteiger charge is -2.28. The van der Waals surface area contributed by atoms with Gasteiger partial charge in [0.25, 0.3) is 0 Å². The molecule has 0 aliphatic carbocycles. The number of nitrogens with one attached hydrogen (secondary N) is 1. The Kier molecular flexibility index (Phi) is 6.46. The van der Waals surface area contributed by atoms with E-state index in [1.54, 1.807) is 0 Å². The summed E-state index contributed by atoms with van der Waals surface area (Å²) in [6, 6.07) is -0.0695. The molecule has 1 aliphatic rings. The number of rotatable bonds is 6. The number of carbonyl (C=O) groups is 1. The predicted molar refractivity (Wildman–Crippen MR) is 65.3 cm³/mol. The molecule has 1 saturated heterocycles. The second-order valence-corrected chi connectivity index (χ2v) is 4.78. The third kappa shape index (κ3) is 4.52. The Morgan fingerprint density at radius 3 is 2.88 bits per heavy atom. The molecule has 0 amide bonds. The van der Waals surface area contributed by atoms with E-state index < -0.39 is 0 Å². The molecule has 1 heterocycles. The van der Waals surface area contributed by atoms with Crippen molar-refractivity contribution in [1.82, 2.24) is 5.32 Å². The summed E-state index contributed by atoms with van der Waals surface area (Å²) in [4.78, 5) is 11.8. The first-order valence-electron chi connectivity index (χ1n) is 6.65. The van der Waals surface area contributed by atoms with Crippen molar-refractivity contribution in [1.29, 1.82) is 0 Å². The topological polar surface area (TPSA) is 38.3 Å². The van der Waals surface area contributed by atoms with Crippen molar-refractivity contribution < 1.29 is 9.53 Å². The minimum Gasteiger partial charge on any atom is -0.465 e. The molecule has 0 radical (unpaired) electrons. The van der Waals surface area contributed by atoms with Gasteiger partial charge in [0, 0.05) is 0 Å². The lowest BCUT2D eigenvalue weighted by Crippen LogP contribution is -2.46. The summed E-state index contributed by atoms with van der Waals surface area (Å²) in [6.07, 6.45) is 6.91. The molecule has 0 bridgehead atoms. The van der Waals surface area contributed by atoms with Gasteiger partial charge in [-0.1, -0.05) is 33.1 Å². The Hall–Kier alpha value is -0.570. The van der Waals surface area contributed by atoms with Gasteiger partial charge in [0.2, 0.25) is 0 Å². The van der Waals surface area contributed by atoms with Crippen molar-refractivity contribution in [3.63, 3.8) is 0 Å². The van der Waals surface area contributed by atoms with Gasteiger partial charge in [-0.25, -0.2) is 0 Å². The molecule has 94 valence electrons. The zero-order valence-corrected chi connectivity index (χ0v) is 10.6. The molecule has 2 unspecified atom stereocenters. The number of esters is 1. The van der Waals surface area contributed by atoms with Gasteiger partial charge in [-0.15, -0.1) is 0 Å². The van der Waals surface area contributed by atoms with Gasteiger partial charge in [-0.2, -0.15) is 0 Å². The first-order valence-corrected chi connectivity index (χ1v) is 6.65. The summed E-state index contributed by atoms with van der Waals surface area (Å²) >= 11 is 0. The van der Waals surface area contributed by atoms with Crippen molar-refractivity contribution in [2.75, 3.05) is 13.2 Å². The van der Waals surface area contributed by atoms with Gasteiger partial charge in [-0.3, -0.25) is 4.79 Å². The molecule has 1 fully saturated rings. The summed E-state index contributed by atoms with van der Waals surface area (Å²) in [5, 5.41) is 3.25. The maximum atomic E-state index is 11.8. The fraction of sp³-hybridized carbons (Fsp3) is 0.923. The largest absolute Gasteiger partial charge is 0.465 e. The molecule has 0 saturated carbocycles. The Balaban J connectivity index is 2.13. The van der Waals surface area contributed by atoms with Crippen LogP contribution in [0.4, 0.5) is 0 Å². The van der Waals surface area contributed by atoms with E-state index in [1.807, 2.05) is 0 Å². The zero-order chi connectivity index (χ0) is 11.8. The Morgan fingerprint density at radius 2 is 2.19 bits per heavy atom. The highest BCUT2D eigenvalue weighted by Crippen LogP contribution is 2.16.